The van der Waals surface area contributed by atoms with Crippen LogP contribution in [0.25, 0.3) is 0 Å². The fraction of sp³-hybridized carbons (Fsp3) is 0.667. The summed E-state index contributed by atoms with van der Waals surface area (Å²) in [4.78, 5) is 0. The van der Waals surface area contributed by atoms with Crippen molar-refractivity contribution in [2.24, 2.45) is 0 Å². The van der Waals surface area contributed by atoms with Crippen LogP contribution in [0.4, 0.5) is 0 Å². The highest BCUT2D eigenvalue weighted by molar-refractivity contribution is 4.96. The van der Waals surface area contributed by atoms with E-state index in [1.807, 2.05) is 12.1 Å². The Morgan fingerprint density at radius 1 is 1.47 bits per heavy atom. The maximum Gasteiger partial charge on any atom is 0.129 e. The number of furan rings is 1. The summed E-state index contributed by atoms with van der Waals surface area (Å²) >= 11 is 0. The molecule has 1 heterocycles. The van der Waals surface area contributed by atoms with Gasteiger partial charge in [0.05, 0.1) is 12.4 Å². The molecule has 0 aromatic carbocycles. The predicted molar refractivity (Wildman–Crippen MR) is 60.7 cm³/mol. The summed E-state index contributed by atoms with van der Waals surface area (Å²) in [6, 6.07) is 3.83. The molecule has 0 radical (unpaired) electrons. The largest absolute Gasteiger partial charge is 0.467 e. The van der Waals surface area contributed by atoms with E-state index in [0.29, 0.717) is 12.7 Å². The van der Waals surface area contributed by atoms with Crippen LogP contribution in [-0.4, -0.2) is 19.2 Å². The molecule has 3 nitrogen and oxygen atoms in total. The summed E-state index contributed by atoms with van der Waals surface area (Å²) in [5.41, 5.74) is 0. The normalized spacial score (nSPS) is 12.9. The van der Waals surface area contributed by atoms with E-state index >= 15 is 0 Å². The average molecular weight is 211 g/mol. The lowest BCUT2D eigenvalue weighted by molar-refractivity contribution is 0.0260. The summed E-state index contributed by atoms with van der Waals surface area (Å²) in [5.74, 6) is 0.896. The minimum absolute atomic E-state index is 0.292. The first kappa shape index (κ1) is 12.3. The number of ether oxygens (including phenoxy) is 1. The maximum atomic E-state index is 5.77. The molecule has 1 rings (SSSR count). The molecule has 1 atom stereocenters. The van der Waals surface area contributed by atoms with Crippen molar-refractivity contribution in [3.05, 3.63) is 24.2 Å². The first-order chi connectivity index (χ1) is 7.36. The number of rotatable bonds is 8. The minimum Gasteiger partial charge on any atom is -0.467 e. The summed E-state index contributed by atoms with van der Waals surface area (Å²) in [6.45, 7) is 6.77. The van der Waals surface area contributed by atoms with Gasteiger partial charge in [-0.15, -0.1) is 0 Å². The molecular weight excluding hydrogens is 190 g/mol. The Morgan fingerprint density at radius 2 is 2.33 bits per heavy atom. The first-order valence-electron chi connectivity index (χ1n) is 5.71. The number of likely N-dealkylation sites (N-methyl/N-ethyl adjacent to an activating group) is 1. The molecule has 0 aliphatic carbocycles. The van der Waals surface area contributed by atoms with Crippen LogP contribution in [-0.2, 0) is 11.3 Å². The molecule has 0 aliphatic rings. The zero-order valence-corrected chi connectivity index (χ0v) is 9.66. The van der Waals surface area contributed by atoms with Crippen LogP contribution in [0.1, 0.15) is 32.4 Å². The maximum absolute atomic E-state index is 5.77. The van der Waals surface area contributed by atoms with Crippen molar-refractivity contribution in [3.8, 4) is 0 Å². The number of hydrogen-bond acceptors (Lipinski definition) is 3. The second-order valence-corrected chi connectivity index (χ2v) is 3.61. The van der Waals surface area contributed by atoms with Gasteiger partial charge in [0, 0.05) is 6.54 Å². The van der Waals surface area contributed by atoms with E-state index in [9.17, 15) is 0 Å². The van der Waals surface area contributed by atoms with E-state index in [4.69, 9.17) is 9.15 Å². The lowest BCUT2D eigenvalue weighted by Crippen LogP contribution is -2.28. The Kier molecular flexibility index (Phi) is 6.12. The summed E-state index contributed by atoms with van der Waals surface area (Å²) in [6.07, 6.45) is 4.21. The number of hydrogen-bond donors (Lipinski definition) is 1. The molecular formula is C12H21NO2. The molecule has 86 valence electrons. The van der Waals surface area contributed by atoms with E-state index < -0.39 is 0 Å². The average Bonchev–Trinajstić information content (AvgIpc) is 2.75. The predicted octanol–water partition coefficient (Wildman–Crippen LogP) is 2.57. The van der Waals surface area contributed by atoms with Gasteiger partial charge < -0.3 is 14.5 Å². The molecule has 1 unspecified atom stereocenters. The lowest BCUT2D eigenvalue weighted by atomic mass is 10.2. The van der Waals surface area contributed by atoms with Gasteiger partial charge in [-0.2, -0.15) is 0 Å². The monoisotopic (exact) mass is 211 g/mol. The van der Waals surface area contributed by atoms with Gasteiger partial charge in [0.25, 0.3) is 0 Å². The lowest BCUT2D eigenvalue weighted by Gasteiger charge is -2.16. The van der Waals surface area contributed by atoms with E-state index in [0.717, 1.165) is 31.7 Å². The standard InChI is InChI=1S/C12H21NO2/c1-3-6-11(9-13-4-2)15-10-12-7-5-8-14-12/h5,7-8,11,13H,3-4,6,9-10H2,1-2H3. The van der Waals surface area contributed by atoms with E-state index in [1.165, 1.54) is 0 Å². The molecule has 15 heavy (non-hydrogen) atoms. The third-order valence-electron chi connectivity index (χ3n) is 2.27. The molecule has 0 saturated heterocycles. The van der Waals surface area contributed by atoms with Crippen molar-refractivity contribution in [2.45, 2.75) is 39.4 Å². The Bertz CT molecular complexity index is 234. The van der Waals surface area contributed by atoms with Crippen LogP contribution in [0.3, 0.4) is 0 Å². The summed E-state index contributed by atoms with van der Waals surface area (Å²) in [7, 11) is 0. The van der Waals surface area contributed by atoms with Crippen LogP contribution in [0.5, 0.6) is 0 Å². The molecule has 3 heteroatoms. The van der Waals surface area contributed by atoms with Crippen LogP contribution >= 0.6 is 0 Å². The first-order valence-corrected chi connectivity index (χ1v) is 5.71. The molecule has 0 saturated carbocycles. The second-order valence-electron chi connectivity index (χ2n) is 3.61. The topological polar surface area (TPSA) is 34.4 Å². The SMILES string of the molecule is CCCC(CNCC)OCc1ccco1. The van der Waals surface area contributed by atoms with Crippen molar-refractivity contribution in [1.82, 2.24) is 5.32 Å². The quantitative estimate of drug-likeness (QED) is 0.717. The highest BCUT2D eigenvalue weighted by atomic mass is 16.5. The highest BCUT2D eigenvalue weighted by Crippen LogP contribution is 2.07. The van der Waals surface area contributed by atoms with Crippen molar-refractivity contribution in [2.75, 3.05) is 13.1 Å². The third-order valence-corrected chi connectivity index (χ3v) is 2.27. The van der Waals surface area contributed by atoms with Crippen LogP contribution in [0.2, 0.25) is 0 Å². The highest BCUT2D eigenvalue weighted by Gasteiger charge is 2.08. The fourth-order valence-electron chi connectivity index (χ4n) is 1.47. The second kappa shape index (κ2) is 7.49. The molecule has 0 bridgehead atoms. The Morgan fingerprint density at radius 3 is 2.93 bits per heavy atom. The number of nitrogens with one attached hydrogen (secondary N) is 1. The molecule has 1 aromatic heterocycles. The summed E-state index contributed by atoms with van der Waals surface area (Å²) in [5, 5.41) is 3.31. The molecule has 1 N–H and O–H groups in total. The van der Waals surface area contributed by atoms with Gasteiger partial charge in [0.2, 0.25) is 0 Å². The zero-order valence-electron chi connectivity index (χ0n) is 9.66. The third kappa shape index (κ3) is 5.00. The van der Waals surface area contributed by atoms with Gasteiger partial charge >= 0.3 is 0 Å². The van der Waals surface area contributed by atoms with Gasteiger partial charge in [0.1, 0.15) is 12.4 Å². The Hall–Kier alpha value is -0.800. The van der Waals surface area contributed by atoms with Gasteiger partial charge in [0.15, 0.2) is 0 Å². The van der Waals surface area contributed by atoms with E-state index in [2.05, 4.69) is 19.2 Å². The van der Waals surface area contributed by atoms with Gasteiger partial charge in [-0.1, -0.05) is 20.3 Å². The molecule has 0 fully saturated rings. The van der Waals surface area contributed by atoms with Crippen LogP contribution in [0, 0.1) is 0 Å². The summed E-state index contributed by atoms with van der Waals surface area (Å²) < 4.78 is 11.0. The Balaban J connectivity index is 2.24. The van der Waals surface area contributed by atoms with E-state index in [1.54, 1.807) is 6.26 Å². The van der Waals surface area contributed by atoms with Crippen molar-refractivity contribution in [3.63, 3.8) is 0 Å². The molecule has 0 amide bonds. The van der Waals surface area contributed by atoms with Crippen molar-refractivity contribution < 1.29 is 9.15 Å². The smallest absolute Gasteiger partial charge is 0.129 e. The zero-order chi connectivity index (χ0) is 10.9. The fourth-order valence-corrected chi connectivity index (χ4v) is 1.47. The van der Waals surface area contributed by atoms with Gasteiger partial charge in [-0.3, -0.25) is 0 Å². The van der Waals surface area contributed by atoms with E-state index in [-0.39, 0.29) is 0 Å². The Labute approximate surface area is 91.8 Å². The molecule has 0 aliphatic heterocycles. The van der Waals surface area contributed by atoms with Gasteiger partial charge in [-0.25, -0.2) is 0 Å². The van der Waals surface area contributed by atoms with Gasteiger partial charge in [-0.05, 0) is 25.1 Å². The van der Waals surface area contributed by atoms with Crippen molar-refractivity contribution in [1.29, 1.82) is 0 Å². The van der Waals surface area contributed by atoms with Crippen molar-refractivity contribution >= 4 is 0 Å². The molecule has 1 aromatic rings. The van der Waals surface area contributed by atoms with Crippen LogP contribution in [0.15, 0.2) is 22.8 Å². The molecule has 0 spiro atoms. The minimum atomic E-state index is 0.292. The van der Waals surface area contributed by atoms with Crippen LogP contribution < -0.4 is 5.32 Å².